The zero-order chi connectivity index (χ0) is 17.3. The third-order valence-electron chi connectivity index (χ3n) is 4.08. The zero-order valence-corrected chi connectivity index (χ0v) is 15.8. The zero-order valence-electron chi connectivity index (χ0n) is 14.2. The fraction of sp³-hybridized carbons (Fsp3) is 0.500. The molecule has 0 N–H and O–H groups in total. The number of aromatic nitrogens is 2. The van der Waals surface area contributed by atoms with E-state index in [4.69, 9.17) is 0 Å². The maximum Gasteiger partial charge on any atom is 0.252 e. The molecule has 0 aromatic carbocycles. The minimum Gasteiger partial charge on any atom is -0.354 e. The summed E-state index contributed by atoms with van der Waals surface area (Å²) in [5, 5.41) is 0. The van der Waals surface area contributed by atoms with Crippen molar-refractivity contribution in [1.29, 1.82) is 0 Å². The standard InChI is InChI=1S/C16H22N4O2S2/c1-4-14-17-12(2)11-15(18-14)19-7-9-20(10-8-19)24(21,22)16-6-5-13(3)23-16/h5-6,11H,4,7-10H2,1-3H3. The molecule has 24 heavy (non-hydrogen) atoms. The van der Waals surface area contributed by atoms with Gasteiger partial charge in [0, 0.05) is 49.2 Å². The molecule has 1 fully saturated rings. The maximum absolute atomic E-state index is 12.7. The van der Waals surface area contributed by atoms with Gasteiger partial charge >= 0.3 is 0 Å². The predicted molar refractivity (Wildman–Crippen MR) is 96.2 cm³/mol. The van der Waals surface area contributed by atoms with Gasteiger partial charge in [0.15, 0.2) is 0 Å². The molecule has 1 aliphatic heterocycles. The van der Waals surface area contributed by atoms with E-state index in [0.29, 0.717) is 30.4 Å². The second-order valence-electron chi connectivity index (χ2n) is 5.89. The van der Waals surface area contributed by atoms with Gasteiger partial charge in [0.1, 0.15) is 15.9 Å². The first-order valence-electron chi connectivity index (χ1n) is 8.06. The van der Waals surface area contributed by atoms with E-state index in [1.165, 1.54) is 11.3 Å². The van der Waals surface area contributed by atoms with Crippen molar-refractivity contribution in [3.05, 3.63) is 34.6 Å². The number of sulfonamides is 1. The molecule has 2 aromatic rings. The van der Waals surface area contributed by atoms with Crippen molar-refractivity contribution in [2.45, 2.75) is 31.4 Å². The first-order chi connectivity index (χ1) is 11.4. The van der Waals surface area contributed by atoms with E-state index >= 15 is 0 Å². The highest BCUT2D eigenvalue weighted by molar-refractivity contribution is 7.91. The SMILES string of the molecule is CCc1nc(C)cc(N2CCN(S(=O)(=O)c3ccc(C)s3)CC2)n1. The lowest BCUT2D eigenvalue weighted by Crippen LogP contribution is -2.48. The average Bonchev–Trinajstić information content (AvgIpc) is 3.01. The summed E-state index contributed by atoms with van der Waals surface area (Å²) >= 11 is 1.33. The monoisotopic (exact) mass is 366 g/mol. The van der Waals surface area contributed by atoms with E-state index in [-0.39, 0.29) is 0 Å². The minimum atomic E-state index is -3.38. The number of aryl methyl sites for hydroxylation is 3. The molecule has 130 valence electrons. The van der Waals surface area contributed by atoms with Gasteiger partial charge in [-0.05, 0) is 26.0 Å². The van der Waals surface area contributed by atoms with Gasteiger partial charge in [-0.25, -0.2) is 18.4 Å². The number of rotatable bonds is 4. The Balaban J connectivity index is 1.73. The van der Waals surface area contributed by atoms with Gasteiger partial charge in [0.25, 0.3) is 10.0 Å². The van der Waals surface area contributed by atoms with E-state index in [1.807, 2.05) is 32.9 Å². The highest BCUT2D eigenvalue weighted by atomic mass is 32.2. The first-order valence-corrected chi connectivity index (χ1v) is 10.3. The first kappa shape index (κ1) is 17.3. The van der Waals surface area contributed by atoms with Crippen molar-refractivity contribution in [3.8, 4) is 0 Å². The van der Waals surface area contributed by atoms with Gasteiger partial charge < -0.3 is 4.90 Å². The Morgan fingerprint density at radius 2 is 1.83 bits per heavy atom. The fourth-order valence-corrected chi connectivity index (χ4v) is 5.63. The maximum atomic E-state index is 12.7. The lowest BCUT2D eigenvalue weighted by Gasteiger charge is -2.34. The summed E-state index contributed by atoms with van der Waals surface area (Å²) in [6, 6.07) is 5.51. The lowest BCUT2D eigenvalue weighted by atomic mass is 10.3. The Hall–Kier alpha value is -1.51. The summed E-state index contributed by atoms with van der Waals surface area (Å²) < 4.78 is 27.4. The number of hydrogen-bond acceptors (Lipinski definition) is 6. The molecule has 0 atom stereocenters. The number of piperazine rings is 1. The van der Waals surface area contributed by atoms with Gasteiger partial charge in [0.2, 0.25) is 0 Å². The van der Waals surface area contributed by atoms with Crippen LogP contribution in [-0.4, -0.2) is 48.9 Å². The van der Waals surface area contributed by atoms with Gasteiger partial charge in [-0.2, -0.15) is 4.31 Å². The van der Waals surface area contributed by atoms with Crippen LogP contribution in [0.1, 0.15) is 23.3 Å². The number of anilines is 1. The van der Waals surface area contributed by atoms with Gasteiger partial charge in [-0.1, -0.05) is 6.92 Å². The van der Waals surface area contributed by atoms with E-state index in [2.05, 4.69) is 14.9 Å². The van der Waals surface area contributed by atoms with E-state index in [9.17, 15) is 8.42 Å². The Bertz CT molecular complexity index is 824. The Labute approximate surface area is 147 Å². The molecule has 1 saturated heterocycles. The molecule has 0 saturated carbocycles. The van der Waals surface area contributed by atoms with Crippen LogP contribution in [-0.2, 0) is 16.4 Å². The summed E-state index contributed by atoms with van der Waals surface area (Å²) in [5.41, 5.74) is 0.945. The van der Waals surface area contributed by atoms with Gasteiger partial charge in [0.05, 0.1) is 0 Å². The van der Waals surface area contributed by atoms with E-state index < -0.39 is 10.0 Å². The molecule has 0 unspecified atom stereocenters. The molecule has 3 heterocycles. The average molecular weight is 367 g/mol. The van der Waals surface area contributed by atoms with Crippen molar-refractivity contribution >= 4 is 27.2 Å². The summed E-state index contributed by atoms with van der Waals surface area (Å²) in [7, 11) is -3.38. The molecule has 2 aromatic heterocycles. The quantitative estimate of drug-likeness (QED) is 0.830. The number of thiophene rings is 1. The van der Waals surface area contributed by atoms with Crippen molar-refractivity contribution in [2.24, 2.45) is 0 Å². The minimum absolute atomic E-state index is 0.430. The van der Waals surface area contributed by atoms with Crippen molar-refractivity contribution in [1.82, 2.24) is 14.3 Å². The highest BCUT2D eigenvalue weighted by Crippen LogP contribution is 2.26. The molecule has 1 aliphatic rings. The van der Waals surface area contributed by atoms with Crippen LogP contribution in [0.5, 0.6) is 0 Å². The predicted octanol–water partition coefficient (Wildman–Crippen LogP) is 2.23. The van der Waals surface area contributed by atoms with Crippen LogP contribution in [0.2, 0.25) is 0 Å². The second-order valence-corrected chi connectivity index (χ2v) is 9.35. The summed E-state index contributed by atoms with van der Waals surface area (Å²) in [6.07, 6.45) is 0.792. The van der Waals surface area contributed by atoms with Crippen LogP contribution in [0, 0.1) is 13.8 Å². The number of nitrogens with zero attached hydrogens (tertiary/aromatic N) is 4. The smallest absolute Gasteiger partial charge is 0.252 e. The molecule has 0 amide bonds. The van der Waals surface area contributed by atoms with E-state index in [0.717, 1.165) is 28.6 Å². The summed E-state index contributed by atoms with van der Waals surface area (Å²) in [4.78, 5) is 12.1. The van der Waals surface area contributed by atoms with Crippen molar-refractivity contribution < 1.29 is 8.42 Å². The molecular formula is C16H22N4O2S2. The molecule has 6 nitrogen and oxygen atoms in total. The third kappa shape index (κ3) is 3.45. The Morgan fingerprint density at radius 1 is 1.12 bits per heavy atom. The molecular weight excluding hydrogens is 344 g/mol. The van der Waals surface area contributed by atoms with Crippen molar-refractivity contribution in [2.75, 3.05) is 31.1 Å². The molecule has 3 rings (SSSR count). The van der Waals surface area contributed by atoms with Crippen LogP contribution in [0.4, 0.5) is 5.82 Å². The van der Waals surface area contributed by atoms with Crippen LogP contribution >= 0.6 is 11.3 Å². The highest BCUT2D eigenvalue weighted by Gasteiger charge is 2.30. The van der Waals surface area contributed by atoms with Gasteiger partial charge in [-0.15, -0.1) is 11.3 Å². The van der Waals surface area contributed by atoms with Crippen molar-refractivity contribution in [3.63, 3.8) is 0 Å². The third-order valence-corrected chi connectivity index (χ3v) is 7.44. The topological polar surface area (TPSA) is 66.4 Å². The lowest BCUT2D eigenvalue weighted by molar-refractivity contribution is 0.384. The largest absolute Gasteiger partial charge is 0.354 e. The molecule has 0 aliphatic carbocycles. The number of hydrogen-bond donors (Lipinski definition) is 0. The molecule has 0 radical (unpaired) electrons. The van der Waals surface area contributed by atoms with Crippen LogP contribution in [0.25, 0.3) is 0 Å². The van der Waals surface area contributed by atoms with Crippen LogP contribution < -0.4 is 4.90 Å². The Kier molecular flexibility index (Phi) is 4.89. The molecule has 0 bridgehead atoms. The summed E-state index contributed by atoms with van der Waals surface area (Å²) in [6.45, 7) is 8.15. The molecule has 0 spiro atoms. The Morgan fingerprint density at radius 3 is 2.42 bits per heavy atom. The van der Waals surface area contributed by atoms with E-state index in [1.54, 1.807) is 10.4 Å². The summed E-state index contributed by atoms with van der Waals surface area (Å²) in [5.74, 6) is 1.72. The van der Waals surface area contributed by atoms with Crippen LogP contribution in [0.15, 0.2) is 22.4 Å². The fourth-order valence-electron chi connectivity index (χ4n) is 2.77. The van der Waals surface area contributed by atoms with Crippen LogP contribution in [0.3, 0.4) is 0 Å². The normalized spacial score (nSPS) is 16.5. The van der Waals surface area contributed by atoms with Gasteiger partial charge in [-0.3, -0.25) is 0 Å². The second kappa shape index (κ2) is 6.78. The molecule has 8 heteroatoms.